The van der Waals surface area contributed by atoms with Gasteiger partial charge in [-0.25, -0.2) is 0 Å². The van der Waals surface area contributed by atoms with Crippen molar-refractivity contribution in [2.24, 2.45) is 11.7 Å². The van der Waals surface area contributed by atoms with Gasteiger partial charge in [-0.1, -0.05) is 20.8 Å². The lowest BCUT2D eigenvalue weighted by Crippen LogP contribution is -2.43. The first kappa shape index (κ1) is 17.9. The summed E-state index contributed by atoms with van der Waals surface area (Å²) in [6.07, 6.45) is 3.39. The first-order valence-corrected chi connectivity index (χ1v) is 7.32. The van der Waals surface area contributed by atoms with Gasteiger partial charge in [0.25, 0.3) is 0 Å². The number of nitrogens with one attached hydrogen (secondary N) is 1. The fourth-order valence-corrected chi connectivity index (χ4v) is 1.89. The molecule has 2 amide bonds. The summed E-state index contributed by atoms with van der Waals surface area (Å²) >= 11 is 0. The Morgan fingerprint density at radius 2 is 1.95 bits per heavy atom. The Labute approximate surface area is 116 Å². The smallest absolute Gasteiger partial charge is 0.239 e. The van der Waals surface area contributed by atoms with Gasteiger partial charge >= 0.3 is 0 Å². The summed E-state index contributed by atoms with van der Waals surface area (Å²) in [5.74, 6) is -0.0781. The fourth-order valence-electron chi connectivity index (χ4n) is 1.89. The van der Waals surface area contributed by atoms with E-state index in [-0.39, 0.29) is 24.3 Å². The molecule has 0 rings (SSSR count). The molecule has 0 spiro atoms. The van der Waals surface area contributed by atoms with Gasteiger partial charge < -0.3 is 16.0 Å². The molecule has 19 heavy (non-hydrogen) atoms. The molecular weight excluding hydrogens is 242 g/mol. The minimum Gasteiger partial charge on any atom is -0.355 e. The second-order valence-corrected chi connectivity index (χ2v) is 4.94. The maximum absolute atomic E-state index is 12.3. The van der Waals surface area contributed by atoms with Crippen molar-refractivity contribution in [2.45, 2.75) is 46.5 Å². The molecule has 0 heterocycles. The van der Waals surface area contributed by atoms with E-state index in [1.807, 2.05) is 20.8 Å². The third kappa shape index (κ3) is 7.82. The van der Waals surface area contributed by atoms with Crippen LogP contribution in [0.4, 0.5) is 0 Å². The molecule has 3 N–H and O–H groups in total. The molecular formula is C14H29N3O2. The monoisotopic (exact) mass is 271 g/mol. The Morgan fingerprint density at radius 3 is 2.47 bits per heavy atom. The topological polar surface area (TPSA) is 75.4 Å². The van der Waals surface area contributed by atoms with E-state index in [0.29, 0.717) is 19.6 Å². The minimum atomic E-state index is -0.0744. The highest BCUT2D eigenvalue weighted by Crippen LogP contribution is 2.10. The number of hydrogen-bond donors (Lipinski definition) is 2. The number of nitrogens with two attached hydrogens (primary N) is 1. The Balaban J connectivity index is 4.36. The molecule has 0 aliphatic carbocycles. The first-order chi connectivity index (χ1) is 9.06. The predicted molar refractivity (Wildman–Crippen MR) is 77.6 cm³/mol. The van der Waals surface area contributed by atoms with Crippen LogP contribution in [-0.4, -0.2) is 42.9 Å². The van der Waals surface area contributed by atoms with Crippen molar-refractivity contribution in [3.8, 4) is 0 Å². The van der Waals surface area contributed by atoms with Crippen molar-refractivity contribution < 1.29 is 9.59 Å². The highest BCUT2D eigenvalue weighted by atomic mass is 16.2. The molecule has 0 radical (unpaired) electrons. The van der Waals surface area contributed by atoms with Gasteiger partial charge in [-0.2, -0.15) is 0 Å². The molecule has 0 aromatic rings. The molecule has 112 valence electrons. The number of nitrogens with zero attached hydrogens (tertiary/aromatic N) is 1. The normalized spacial score (nSPS) is 12.0. The van der Waals surface area contributed by atoms with E-state index in [1.165, 1.54) is 0 Å². The van der Waals surface area contributed by atoms with E-state index in [2.05, 4.69) is 5.32 Å². The Morgan fingerprint density at radius 1 is 1.26 bits per heavy atom. The van der Waals surface area contributed by atoms with Crippen LogP contribution in [0.15, 0.2) is 0 Å². The molecule has 0 saturated heterocycles. The SMILES string of the molecule is CCCNC(=O)CN(CCC)C(=O)C(C)CCCN. The summed E-state index contributed by atoms with van der Waals surface area (Å²) in [7, 11) is 0. The quantitative estimate of drug-likeness (QED) is 0.625. The van der Waals surface area contributed by atoms with Gasteiger partial charge in [0, 0.05) is 19.0 Å². The van der Waals surface area contributed by atoms with Crippen LogP contribution in [0.2, 0.25) is 0 Å². The fraction of sp³-hybridized carbons (Fsp3) is 0.857. The van der Waals surface area contributed by atoms with E-state index in [9.17, 15) is 9.59 Å². The van der Waals surface area contributed by atoms with Crippen LogP contribution in [-0.2, 0) is 9.59 Å². The number of rotatable bonds is 10. The molecule has 1 unspecified atom stereocenters. The van der Waals surface area contributed by atoms with Crippen LogP contribution in [0.5, 0.6) is 0 Å². The zero-order valence-electron chi connectivity index (χ0n) is 12.6. The first-order valence-electron chi connectivity index (χ1n) is 7.32. The molecule has 0 bridgehead atoms. The number of amides is 2. The summed E-state index contributed by atoms with van der Waals surface area (Å²) < 4.78 is 0. The summed E-state index contributed by atoms with van der Waals surface area (Å²) in [6.45, 7) is 7.98. The molecule has 1 atom stereocenters. The average Bonchev–Trinajstić information content (AvgIpc) is 2.41. The predicted octanol–water partition coefficient (Wildman–Crippen LogP) is 1.13. The molecule has 5 heteroatoms. The summed E-state index contributed by atoms with van der Waals surface area (Å²) in [5.41, 5.74) is 5.46. The van der Waals surface area contributed by atoms with Gasteiger partial charge in [-0.05, 0) is 32.2 Å². The number of hydrogen-bond acceptors (Lipinski definition) is 3. The van der Waals surface area contributed by atoms with Gasteiger partial charge in [0.1, 0.15) is 0 Å². The maximum Gasteiger partial charge on any atom is 0.239 e. The molecule has 0 aliphatic rings. The highest BCUT2D eigenvalue weighted by molar-refractivity contribution is 5.85. The van der Waals surface area contributed by atoms with Crippen LogP contribution in [0.25, 0.3) is 0 Å². The average molecular weight is 271 g/mol. The molecule has 5 nitrogen and oxygen atoms in total. The van der Waals surface area contributed by atoms with E-state index in [0.717, 1.165) is 25.7 Å². The molecule has 0 aliphatic heterocycles. The lowest BCUT2D eigenvalue weighted by molar-refractivity contribution is -0.139. The Kier molecular flexibility index (Phi) is 10.2. The van der Waals surface area contributed by atoms with Crippen molar-refractivity contribution in [3.05, 3.63) is 0 Å². The van der Waals surface area contributed by atoms with Crippen molar-refractivity contribution in [1.29, 1.82) is 0 Å². The summed E-state index contributed by atoms with van der Waals surface area (Å²) in [5, 5.41) is 2.81. The largest absolute Gasteiger partial charge is 0.355 e. The van der Waals surface area contributed by atoms with E-state index < -0.39 is 0 Å². The van der Waals surface area contributed by atoms with E-state index in [4.69, 9.17) is 5.73 Å². The van der Waals surface area contributed by atoms with Crippen LogP contribution < -0.4 is 11.1 Å². The molecule has 0 saturated carbocycles. The van der Waals surface area contributed by atoms with Crippen LogP contribution in [0.3, 0.4) is 0 Å². The van der Waals surface area contributed by atoms with Crippen LogP contribution >= 0.6 is 0 Å². The van der Waals surface area contributed by atoms with Gasteiger partial charge in [-0.3, -0.25) is 9.59 Å². The summed E-state index contributed by atoms with van der Waals surface area (Å²) in [6, 6.07) is 0. The van der Waals surface area contributed by atoms with Gasteiger partial charge in [0.05, 0.1) is 6.54 Å². The lowest BCUT2D eigenvalue weighted by atomic mass is 10.0. The summed E-state index contributed by atoms with van der Waals surface area (Å²) in [4.78, 5) is 25.6. The Bertz CT molecular complexity index is 269. The second-order valence-electron chi connectivity index (χ2n) is 4.94. The molecule has 0 fully saturated rings. The molecule has 0 aromatic carbocycles. The van der Waals surface area contributed by atoms with Crippen molar-refractivity contribution in [1.82, 2.24) is 10.2 Å². The zero-order chi connectivity index (χ0) is 14.7. The van der Waals surface area contributed by atoms with Gasteiger partial charge in [0.2, 0.25) is 11.8 Å². The van der Waals surface area contributed by atoms with Crippen LogP contribution in [0.1, 0.15) is 46.5 Å². The second kappa shape index (κ2) is 10.8. The third-order valence-electron chi connectivity index (χ3n) is 2.97. The third-order valence-corrected chi connectivity index (χ3v) is 2.97. The van der Waals surface area contributed by atoms with E-state index >= 15 is 0 Å². The zero-order valence-corrected chi connectivity index (χ0v) is 12.6. The van der Waals surface area contributed by atoms with Crippen LogP contribution in [0, 0.1) is 5.92 Å². The number of carbonyl (C=O) groups is 2. The minimum absolute atomic E-state index is 0.0574. The molecule has 0 aromatic heterocycles. The van der Waals surface area contributed by atoms with Gasteiger partial charge in [-0.15, -0.1) is 0 Å². The Hall–Kier alpha value is -1.10. The van der Waals surface area contributed by atoms with Crippen molar-refractivity contribution in [3.63, 3.8) is 0 Å². The van der Waals surface area contributed by atoms with Gasteiger partial charge in [0.15, 0.2) is 0 Å². The van der Waals surface area contributed by atoms with Crippen molar-refractivity contribution >= 4 is 11.8 Å². The number of carbonyl (C=O) groups excluding carboxylic acids is 2. The van der Waals surface area contributed by atoms with Crippen molar-refractivity contribution in [2.75, 3.05) is 26.2 Å². The standard InChI is InChI=1S/C14H29N3O2/c1-4-9-16-13(18)11-17(10-5-2)14(19)12(3)7-6-8-15/h12H,4-11,15H2,1-3H3,(H,16,18). The highest BCUT2D eigenvalue weighted by Gasteiger charge is 2.21. The van der Waals surface area contributed by atoms with E-state index in [1.54, 1.807) is 4.90 Å². The maximum atomic E-state index is 12.3. The lowest BCUT2D eigenvalue weighted by Gasteiger charge is -2.25.